The Morgan fingerprint density at radius 2 is 0.514 bits per heavy atom. The van der Waals surface area contributed by atoms with Crippen molar-refractivity contribution in [3.05, 3.63) is 134 Å². The van der Waals surface area contributed by atoms with Gasteiger partial charge in [-0.2, -0.15) is 0 Å². The van der Waals surface area contributed by atoms with Gasteiger partial charge in [-0.05, 0) is 72.8 Å². The summed E-state index contributed by atoms with van der Waals surface area (Å²) in [4.78, 5) is 26.4. The van der Waals surface area contributed by atoms with Crippen LogP contribution >= 0.6 is 0 Å². The molecule has 6 rings (SSSR count). The number of aromatic nitrogens is 6. The Kier molecular flexibility index (Phi) is 8.90. The van der Waals surface area contributed by atoms with Crippen molar-refractivity contribution in [1.29, 1.82) is 0 Å². The molecule has 0 bridgehead atoms. The second-order valence-electron chi connectivity index (χ2n) is 7.68. The van der Waals surface area contributed by atoms with Gasteiger partial charge in [-0.25, -0.2) is 9.97 Å². The summed E-state index contributed by atoms with van der Waals surface area (Å²) in [7, 11) is 0. The van der Waals surface area contributed by atoms with E-state index in [0.717, 1.165) is 45.6 Å². The monoisotopic (exact) mass is 525 g/mol. The van der Waals surface area contributed by atoms with Gasteiger partial charge in [-0.3, -0.25) is 19.9 Å². The Balaban J connectivity index is 0.000000168. The van der Waals surface area contributed by atoms with Gasteiger partial charge >= 0.3 is 16.8 Å². The van der Waals surface area contributed by atoms with Crippen molar-refractivity contribution in [2.45, 2.75) is 0 Å². The minimum absolute atomic E-state index is 0. The summed E-state index contributed by atoms with van der Waals surface area (Å²) in [5, 5.41) is 0. The molecule has 6 heterocycles. The first-order chi connectivity index (χ1) is 17.9. The van der Waals surface area contributed by atoms with Crippen molar-refractivity contribution < 1.29 is 16.8 Å². The molecule has 0 aliphatic heterocycles. The van der Waals surface area contributed by atoms with Crippen LogP contribution in [0.5, 0.6) is 0 Å². The third-order valence-corrected chi connectivity index (χ3v) is 5.21. The minimum Gasteiger partial charge on any atom is -0.255 e. The average molecular weight is 525 g/mol. The molecular weight excluding hydrogens is 503 g/mol. The van der Waals surface area contributed by atoms with Crippen molar-refractivity contribution in [2.24, 2.45) is 0 Å². The van der Waals surface area contributed by atoms with Gasteiger partial charge in [0.2, 0.25) is 0 Å². The fraction of sp³-hybridized carbons (Fsp3) is 0. The Morgan fingerprint density at radius 3 is 0.730 bits per heavy atom. The molecule has 37 heavy (non-hydrogen) atoms. The summed E-state index contributed by atoms with van der Waals surface area (Å²) in [6.07, 6.45) is 7.07. The molecule has 0 amide bonds. The molecule has 6 aromatic heterocycles. The fourth-order valence-corrected chi connectivity index (χ4v) is 3.50. The molecule has 0 unspecified atom stereocenters. The minimum atomic E-state index is 0. The number of pyridine rings is 6. The average Bonchev–Trinajstić information content (AvgIpc) is 2.99. The van der Waals surface area contributed by atoms with Crippen molar-refractivity contribution in [2.75, 3.05) is 0 Å². The van der Waals surface area contributed by atoms with Crippen LogP contribution in [-0.2, 0) is 16.8 Å². The molecule has 0 saturated heterocycles. The SMILES string of the molecule is [Co+2].c1ccc(-c2cccc(-c3ccccn3)n2)nc1.c1ccc(-c2cccc(-c3ccccn3)n2)nc1. The van der Waals surface area contributed by atoms with Gasteiger partial charge in [0.25, 0.3) is 0 Å². The van der Waals surface area contributed by atoms with Gasteiger partial charge in [-0.1, -0.05) is 36.4 Å². The van der Waals surface area contributed by atoms with Crippen molar-refractivity contribution >= 4 is 0 Å². The van der Waals surface area contributed by atoms with E-state index >= 15 is 0 Å². The standard InChI is InChI=1S/2C15H11N3.Co/c2*1-3-10-16-12(6-1)14-8-5-9-15(18-14)13-7-2-4-11-17-13;/h2*1-11H;/q;;+2. The number of hydrogen-bond donors (Lipinski definition) is 0. The quantitative estimate of drug-likeness (QED) is 0.265. The maximum absolute atomic E-state index is 4.59. The maximum atomic E-state index is 4.59. The molecule has 7 heteroatoms. The van der Waals surface area contributed by atoms with Gasteiger partial charge in [-0.15, -0.1) is 0 Å². The van der Waals surface area contributed by atoms with Crippen LogP contribution in [0.3, 0.4) is 0 Å². The van der Waals surface area contributed by atoms with E-state index in [4.69, 9.17) is 0 Å². The molecule has 0 aliphatic carbocycles. The molecule has 1 radical (unpaired) electrons. The second kappa shape index (κ2) is 12.9. The van der Waals surface area contributed by atoms with Crippen molar-refractivity contribution in [1.82, 2.24) is 29.9 Å². The van der Waals surface area contributed by atoms with E-state index in [0.29, 0.717) is 0 Å². The fourth-order valence-electron chi connectivity index (χ4n) is 3.50. The Bertz CT molecular complexity index is 1290. The number of nitrogens with zero attached hydrogens (tertiary/aromatic N) is 6. The van der Waals surface area contributed by atoms with E-state index in [9.17, 15) is 0 Å². The predicted molar refractivity (Wildman–Crippen MR) is 141 cm³/mol. The van der Waals surface area contributed by atoms with Crippen LogP contribution in [0.4, 0.5) is 0 Å². The van der Waals surface area contributed by atoms with Crippen LogP contribution in [0.1, 0.15) is 0 Å². The first-order valence-corrected chi connectivity index (χ1v) is 11.5. The summed E-state index contributed by atoms with van der Waals surface area (Å²) >= 11 is 0. The molecule has 0 saturated carbocycles. The zero-order valence-electron chi connectivity index (χ0n) is 19.7. The van der Waals surface area contributed by atoms with E-state index < -0.39 is 0 Å². The van der Waals surface area contributed by atoms with Crippen LogP contribution < -0.4 is 0 Å². The summed E-state index contributed by atoms with van der Waals surface area (Å²) in [5.74, 6) is 0. The van der Waals surface area contributed by atoms with E-state index in [-0.39, 0.29) is 16.8 Å². The summed E-state index contributed by atoms with van der Waals surface area (Å²) in [5.41, 5.74) is 6.92. The van der Waals surface area contributed by atoms with Crippen LogP contribution in [0.25, 0.3) is 45.6 Å². The zero-order chi connectivity index (χ0) is 24.4. The molecule has 6 nitrogen and oxygen atoms in total. The van der Waals surface area contributed by atoms with E-state index in [1.807, 2.05) is 109 Å². The first kappa shape index (κ1) is 25.5. The largest absolute Gasteiger partial charge is 2.00 e. The van der Waals surface area contributed by atoms with Crippen LogP contribution in [-0.4, -0.2) is 29.9 Å². The molecule has 0 spiro atoms. The third-order valence-electron chi connectivity index (χ3n) is 5.21. The predicted octanol–water partition coefficient (Wildman–Crippen LogP) is 6.41. The Labute approximate surface area is 225 Å². The molecule has 0 aromatic carbocycles. The maximum Gasteiger partial charge on any atom is 2.00 e. The van der Waals surface area contributed by atoms with E-state index in [2.05, 4.69) is 29.9 Å². The van der Waals surface area contributed by atoms with E-state index in [1.54, 1.807) is 24.8 Å². The normalized spacial score (nSPS) is 9.95. The smallest absolute Gasteiger partial charge is 0.255 e. The van der Waals surface area contributed by atoms with Crippen LogP contribution in [0, 0.1) is 0 Å². The van der Waals surface area contributed by atoms with E-state index in [1.165, 1.54) is 0 Å². The summed E-state index contributed by atoms with van der Waals surface area (Å²) < 4.78 is 0. The van der Waals surface area contributed by atoms with Crippen LogP contribution in [0.2, 0.25) is 0 Å². The van der Waals surface area contributed by atoms with Crippen molar-refractivity contribution in [3.63, 3.8) is 0 Å². The molecular formula is C30H22CoN6+2. The van der Waals surface area contributed by atoms with Gasteiger partial charge in [0.15, 0.2) is 0 Å². The van der Waals surface area contributed by atoms with Gasteiger partial charge in [0, 0.05) is 24.8 Å². The van der Waals surface area contributed by atoms with Gasteiger partial charge in [0.1, 0.15) is 0 Å². The zero-order valence-corrected chi connectivity index (χ0v) is 20.8. The van der Waals surface area contributed by atoms with Gasteiger partial charge in [0.05, 0.1) is 45.6 Å². The number of hydrogen-bond acceptors (Lipinski definition) is 6. The summed E-state index contributed by atoms with van der Waals surface area (Å²) in [6.45, 7) is 0. The molecule has 0 atom stereocenters. The van der Waals surface area contributed by atoms with Crippen molar-refractivity contribution in [3.8, 4) is 45.6 Å². The molecule has 179 valence electrons. The Hall–Kier alpha value is -4.59. The first-order valence-electron chi connectivity index (χ1n) is 11.5. The molecule has 0 fully saturated rings. The van der Waals surface area contributed by atoms with Crippen LogP contribution in [0.15, 0.2) is 134 Å². The Morgan fingerprint density at radius 1 is 0.270 bits per heavy atom. The topological polar surface area (TPSA) is 77.3 Å². The molecule has 0 N–H and O–H groups in total. The summed E-state index contributed by atoms with van der Waals surface area (Å²) in [6, 6.07) is 35.0. The molecule has 0 aliphatic rings. The molecule has 6 aromatic rings. The second-order valence-corrected chi connectivity index (χ2v) is 7.68. The third kappa shape index (κ3) is 6.76. The van der Waals surface area contributed by atoms with Gasteiger partial charge < -0.3 is 0 Å². The number of rotatable bonds is 4.